The zero-order chi connectivity index (χ0) is 9.14. The molecule has 1 aliphatic heterocycles. The highest BCUT2D eigenvalue weighted by molar-refractivity contribution is 14.1. The van der Waals surface area contributed by atoms with Crippen LogP contribution >= 0.6 is 34.2 Å². The molecule has 0 aromatic rings. The van der Waals surface area contributed by atoms with Crippen molar-refractivity contribution in [1.82, 2.24) is 5.17 Å². The highest BCUT2D eigenvalue weighted by Gasteiger charge is 2.29. The van der Waals surface area contributed by atoms with Gasteiger partial charge in [0.15, 0.2) is 0 Å². The molecule has 3 nitrogen and oxygen atoms in total. The van der Waals surface area contributed by atoms with E-state index < -0.39 is 0 Å². The molecule has 0 aromatic carbocycles. The predicted octanol–water partition coefficient (Wildman–Crippen LogP) is 1.73. The standard InChI is InChI=1S/C7H8ClIN2O/c1-5-7(8)6(3-2-4-9)11(10)12-5/h6H,3,10H2,1H3. The molecule has 1 unspecified atom stereocenters. The van der Waals surface area contributed by atoms with Gasteiger partial charge in [-0.15, -0.1) is 0 Å². The second kappa shape index (κ2) is 4.33. The molecule has 0 spiro atoms. The van der Waals surface area contributed by atoms with E-state index in [1.807, 2.05) is 22.6 Å². The molecule has 66 valence electrons. The van der Waals surface area contributed by atoms with Crippen molar-refractivity contribution in [2.45, 2.75) is 19.4 Å². The van der Waals surface area contributed by atoms with Gasteiger partial charge < -0.3 is 4.84 Å². The summed E-state index contributed by atoms with van der Waals surface area (Å²) < 4.78 is 2.75. The molecule has 2 N–H and O–H groups in total. The highest BCUT2D eigenvalue weighted by Crippen LogP contribution is 2.27. The quantitative estimate of drug-likeness (QED) is 0.455. The van der Waals surface area contributed by atoms with Gasteiger partial charge in [-0.25, -0.2) is 5.84 Å². The Hall–Kier alpha value is 0.0400. The van der Waals surface area contributed by atoms with E-state index in [0.717, 1.165) is 0 Å². The van der Waals surface area contributed by atoms with Crippen LogP contribution < -0.4 is 5.84 Å². The van der Waals surface area contributed by atoms with Crippen LogP contribution in [0.1, 0.15) is 13.3 Å². The van der Waals surface area contributed by atoms with E-state index in [-0.39, 0.29) is 6.04 Å². The van der Waals surface area contributed by atoms with Crippen molar-refractivity contribution in [3.05, 3.63) is 10.8 Å². The molecule has 12 heavy (non-hydrogen) atoms. The topological polar surface area (TPSA) is 38.5 Å². The lowest BCUT2D eigenvalue weighted by atomic mass is 10.2. The SMILES string of the molecule is CC1=C(Cl)C(CC#CI)N(N)O1. The Labute approximate surface area is 89.9 Å². The molecule has 1 rings (SSSR count). The predicted molar refractivity (Wildman–Crippen MR) is 55.9 cm³/mol. The van der Waals surface area contributed by atoms with Crippen molar-refractivity contribution in [3.8, 4) is 9.85 Å². The molecule has 0 fully saturated rings. The third-order valence-electron chi connectivity index (χ3n) is 1.54. The van der Waals surface area contributed by atoms with Crippen molar-refractivity contribution in [2.75, 3.05) is 0 Å². The Morgan fingerprint density at radius 3 is 2.92 bits per heavy atom. The average Bonchev–Trinajstić information content (AvgIpc) is 2.25. The molecule has 0 saturated carbocycles. The molecule has 1 aliphatic rings. The maximum absolute atomic E-state index is 5.92. The molecule has 0 saturated heterocycles. The van der Waals surface area contributed by atoms with E-state index in [2.05, 4.69) is 9.85 Å². The number of hydrogen-bond acceptors (Lipinski definition) is 3. The fraction of sp³-hybridized carbons (Fsp3) is 0.429. The largest absolute Gasteiger partial charge is 0.394 e. The van der Waals surface area contributed by atoms with Crippen LogP contribution in [0.5, 0.6) is 0 Å². The van der Waals surface area contributed by atoms with E-state index in [0.29, 0.717) is 17.2 Å². The first-order chi connectivity index (χ1) is 5.66. The second-order valence-corrected chi connectivity index (χ2v) is 3.29. The fourth-order valence-electron chi connectivity index (χ4n) is 0.927. The molecule has 1 heterocycles. The summed E-state index contributed by atoms with van der Waals surface area (Å²) >= 11 is 7.89. The summed E-state index contributed by atoms with van der Waals surface area (Å²) in [5.41, 5.74) is 0. The lowest BCUT2D eigenvalue weighted by Crippen LogP contribution is -2.35. The Morgan fingerprint density at radius 1 is 1.83 bits per heavy atom. The number of nitrogens with two attached hydrogens (primary N) is 1. The van der Waals surface area contributed by atoms with E-state index >= 15 is 0 Å². The first-order valence-corrected chi connectivity index (χ1v) is 4.79. The number of hydroxylamine groups is 1. The second-order valence-electron chi connectivity index (χ2n) is 2.35. The van der Waals surface area contributed by atoms with Crippen LogP contribution in [0, 0.1) is 9.85 Å². The van der Waals surface area contributed by atoms with E-state index in [1.165, 1.54) is 5.17 Å². The molecular formula is C7H8ClIN2O. The Morgan fingerprint density at radius 2 is 2.50 bits per heavy atom. The van der Waals surface area contributed by atoms with E-state index in [4.69, 9.17) is 22.3 Å². The third kappa shape index (κ3) is 2.04. The first-order valence-electron chi connectivity index (χ1n) is 3.33. The highest BCUT2D eigenvalue weighted by atomic mass is 127. The van der Waals surface area contributed by atoms with Gasteiger partial charge in [0.05, 0.1) is 5.03 Å². The zero-order valence-electron chi connectivity index (χ0n) is 6.47. The Kier molecular flexibility index (Phi) is 3.65. The lowest BCUT2D eigenvalue weighted by molar-refractivity contribution is -0.118. The van der Waals surface area contributed by atoms with Crippen LogP contribution in [-0.2, 0) is 4.84 Å². The summed E-state index contributed by atoms with van der Waals surface area (Å²) in [4.78, 5) is 5.07. The summed E-state index contributed by atoms with van der Waals surface area (Å²) in [7, 11) is 0. The summed E-state index contributed by atoms with van der Waals surface area (Å²) in [5.74, 6) is 9.06. The average molecular weight is 299 g/mol. The monoisotopic (exact) mass is 298 g/mol. The number of hydrazine groups is 1. The van der Waals surface area contributed by atoms with Crippen molar-refractivity contribution in [3.63, 3.8) is 0 Å². The fourth-order valence-corrected chi connectivity index (χ4v) is 1.35. The lowest BCUT2D eigenvalue weighted by Gasteiger charge is -2.14. The van der Waals surface area contributed by atoms with Crippen molar-refractivity contribution < 1.29 is 4.84 Å². The molecule has 0 amide bonds. The van der Waals surface area contributed by atoms with Crippen molar-refractivity contribution in [2.24, 2.45) is 5.84 Å². The molecule has 0 radical (unpaired) electrons. The minimum atomic E-state index is -0.117. The van der Waals surface area contributed by atoms with Gasteiger partial charge in [0.2, 0.25) is 0 Å². The van der Waals surface area contributed by atoms with Gasteiger partial charge in [-0.3, -0.25) is 0 Å². The van der Waals surface area contributed by atoms with Gasteiger partial charge in [-0.1, -0.05) is 22.7 Å². The van der Waals surface area contributed by atoms with E-state index in [9.17, 15) is 0 Å². The minimum absolute atomic E-state index is 0.117. The Bertz CT molecular complexity index is 268. The van der Waals surface area contributed by atoms with Crippen molar-refractivity contribution >= 4 is 34.2 Å². The van der Waals surface area contributed by atoms with Crippen LogP contribution in [-0.4, -0.2) is 11.2 Å². The molecule has 5 heteroatoms. The van der Waals surface area contributed by atoms with Gasteiger partial charge >= 0.3 is 0 Å². The smallest absolute Gasteiger partial charge is 0.139 e. The summed E-state index contributed by atoms with van der Waals surface area (Å²) in [6.45, 7) is 1.78. The maximum Gasteiger partial charge on any atom is 0.139 e. The van der Waals surface area contributed by atoms with Crippen LogP contribution in [0.4, 0.5) is 0 Å². The van der Waals surface area contributed by atoms with Gasteiger partial charge in [0.25, 0.3) is 0 Å². The Balaban J connectivity index is 2.67. The van der Waals surface area contributed by atoms with Crippen LogP contribution in [0.2, 0.25) is 0 Å². The van der Waals surface area contributed by atoms with Gasteiger partial charge in [-0.05, 0) is 10.9 Å². The molecule has 0 aliphatic carbocycles. The van der Waals surface area contributed by atoms with Gasteiger partial charge in [0, 0.05) is 29.0 Å². The normalized spacial score (nSPS) is 23.5. The number of hydrogen-bond donors (Lipinski definition) is 1. The van der Waals surface area contributed by atoms with Gasteiger partial charge in [0.1, 0.15) is 11.8 Å². The van der Waals surface area contributed by atoms with Crippen LogP contribution in [0.3, 0.4) is 0 Å². The summed E-state index contributed by atoms with van der Waals surface area (Å²) in [6.07, 6.45) is 0.593. The van der Waals surface area contributed by atoms with E-state index in [1.54, 1.807) is 6.92 Å². The molecule has 1 atom stereocenters. The minimum Gasteiger partial charge on any atom is -0.394 e. The third-order valence-corrected chi connectivity index (χ3v) is 2.44. The van der Waals surface area contributed by atoms with Crippen LogP contribution in [0.25, 0.3) is 0 Å². The summed E-state index contributed by atoms with van der Waals surface area (Å²) in [5, 5.41) is 1.87. The molecular weight excluding hydrogens is 290 g/mol. The van der Waals surface area contributed by atoms with Gasteiger partial charge in [-0.2, -0.15) is 0 Å². The van der Waals surface area contributed by atoms with Crippen LogP contribution in [0.15, 0.2) is 10.8 Å². The zero-order valence-corrected chi connectivity index (χ0v) is 9.39. The number of allylic oxidation sites excluding steroid dienone is 1. The van der Waals surface area contributed by atoms with Crippen molar-refractivity contribution in [1.29, 1.82) is 0 Å². The molecule has 0 bridgehead atoms. The first kappa shape index (κ1) is 10.1. The number of halogens is 2. The number of nitrogens with zero attached hydrogens (tertiary/aromatic N) is 1. The number of rotatable bonds is 1. The summed E-state index contributed by atoms with van der Waals surface area (Å²) in [6, 6.07) is -0.117. The maximum atomic E-state index is 5.92. The molecule has 0 aromatic heterocycles.